The molecule has 0 atom stereocenters. The zero-order valence-electron chi connectivity index (χ0n) is 12.2. The van der Waals surface area contributed by atoms with Gasteiger partial charge in [-0.2, -0.15) is 0 Å². The molecule has 0 unspecified atom stereocenters. The van der Waals surface area contributed by atoms with Crippen LogP contribution in [0, 0.1) is 0 Å². The number of anilines is 1. The second-order valence-electron chi connectivity index (χ2n) is 4.85. The molecule has 1 aliphatic heterocycles. The lowest BCUT2D eigenvalue weighted by Crippen LogP contribution is -2.30. The van der Waals surface area contributed by atoms with Crippen molar-refractivity contribution in [3.63, 3.8) is 0 Å². The van der Waals surface area contributed by atoms with Crippen molar-refractivity contribution in [2.75, 3.05) is 12.0 Å². The third-order valence-corrected chi connectivity index (χ3v) is 4.04. The van der Waals surface area contributed by atoms with Gasteiger partial charge in [0.25, 0.3) is 5.91 Å². The van der Waals surface area contributed by atoms with Gasteiger partial charge in [0.1, 0.15) is 11.4 Å². The SMILES string of the molecule is COc1ccc(N2C(=O)/C(=C\c3ccccc3Cl)NC2=S)cc1. The van der Waals surface area contributed by atoms with E-state index in [0.29, 0.717) is 27.3 Å². The van der Waals surface area contributed by atoms with Crippen LogP contribution in [0.3, 0.4) is 0 Å². The summed E-state index contributed by atoms with van der Waals surface area (Å²) >= 11 is 11.4. The number of halogens is 1. The van der Waals surface area contributed by atoms with E-state index in [0.717, 1.165) is 5.56 Å². The van der Waals surface area contributed by atoms with Crippen LogP contribution in [-0.2, 0) is 4.79 Å². The lowest BCUT2D eigenvalue weighted by Gasteiger charge is -2.14. The van der Waals surface area contributed by atoms with Crippen LogP contribution < -0.4 is 15.0 Å². The van der Waals surface area contributed by atoms with Gasteiger partial charge in [-0.25, -0.2) is 0 Å². The molecule has 0 saturated carbocycles. The number of amides is 1. The Morgan fingerprint density at radius 1 is 1.17 bits per heavy atom. The maximum absolute atomic E-state index is 12.6. The van der Waals surface area contributed by atoms with E-state index in [2.05, 4.69) is 5.32 Å². The van der Waals surface area contributed by atoms with Crippen molar-refractivity contribution in [3.05, 3.63) is 64.8 Å². The molecule has 6 heteroatoms. The molecule has 2 aromatic rings. The van der Waals surface area contributed by atoms with Gasteiger partial charge < -0.3 is 10.1 Å². The number of nitrogens with one attached hydrogen (secondary N) is 1. The van der Waals surface area contributed by atoms with Crippen molar-refractivity contribution < 1.29 is 9.53 Å². The van der Waals surface area contributed by atoms with Crippen molar-refractivity contribution in [1.29, 1.82) is 0 Å². The van der Waals surface area contributed by atoms with E-state index >= 15 is 0 Å². The normalized spacial score (nSPS) is 15.9. The predicted molar refractivity (Wildman–Crippen MR) is 95.6 cm³/mol. The summed E-state index contributed by atoms with van der Waals surface area (Å²) in [6.45, 7) is 0. The highest BCUT2D eigenvalue weighted by Gasteiger charge is 2.32. The van der Waals surface area contributed by atoms with E-state index in [9.17, 15) is 4.79 Å². The summed E-state index contributed by atoms with van der Waals surface area (Å²) in [6, 6.07) is 14.4. The van der Waals surface area contributed by atoms with Gasteiger partial charge >= 0.3 is 0 Å². The summed E-state index contributed by atoms with van der Waals surface area (Å²) < 4.78 is 5.12. The average molecular weight is 345 g/mol. The van der Waals surface area contributed by atoms with Gasteiger partial charge in [0.2, 0.25) is 0 Å². The second kappa shape index (κ2) is 6.40. The fourth-order valence-corrected chi connectivity index (χ4v) is 2.74. The Kier molecular flexibility index (Phi) is 4.32. The van der Waals surface area contributed by atoms with Crippen LogP contribution in [0.5, 0.6) is 5.75 Å². The first-order valence-electron chi connectivity index (χ1n) is 6.86. The highest BCUT2D eigenvalue weighted by Crippen LogP contribution is 2.26. The number of benzene rings is 2. The van der Waals surface area contributed by atoms with Gasteiger partial charge in [-0.1, -0.05) is 29.8 Å². The fourth-order valence-electron chi connectivity index (χ4n) is 2.25. The fraction of sp³-hybridized carbons (Fsp3) is 0.0588. The maximum Gasteiger partial charge on any atom is 0.281 e. The van der Waals surface area contributed by atoms with Gasteiger partial charge in [0, 0.05) is 5.02 Å². The number of rotatable bonds is 3. The summed E-state index contributed by atoms with van der Waals surface area (Å²) in [4.78, 5) is 14.1. The number of nitrogens with zero attached hydrogens (tertiary/aromatic N) is 1. The van der Waals surface area contributed by atoms with Gasteiger partial charge in [-0.3, -0.25) is 9.69 Å². The monoisotopic (exact) mass is 344 g/mol. The van der Waals surface area contributed by atoms with E-state index in [4.69, 9.17) is 28.6 Å². The van der Waals surface area contributed by atoms with Crippen molar-refractivity contribution in [1.82, 2.24) is 5.32 Å². The van der Waals surface area contributed by atoms with Gasteiger partial charge in [0.05, 0.1) is 12.8 Å². The molecule has 0 radical (unpaired) electrons. The molecule has 1 N–H and O–H groups in total. The zero-order valence-corrected chi connectivity index (χ0v) is 13.8. The standard InChI is InChI=1S/C17H13ClN2O2S/c1-22-13-8-6-12(7-9-13)20-16(21)15(19-17(20)23)10-11-4-2-3-5-14(11)18/h2-10H,1H3,(H,19,23)/b15-10+. The highest BCUT2D eigenvalue weighted by molar-refractivity contribution is 7.80. The number of hydrogen-bond donors (Lipinski definition) is 1. The molecule has 1 fully saturated rings. The van der Waals surface area contributed by atoms with Crippen molar-refractivity contribution in [3.8, 4) is 5.75 Å². The van der Waals surface area contributed by atoms with Crippen molar-refractivity contribution in [2.45, 2.75) is 0 Å². The molecule has 0 aromatic heterocycles. The molecule has 1 amide bonds. The quantitative estimate of drug-likeness (QED) is 0.682. The Balaban J connectivity index is 1.92. The Labute approximate surface area is 144 Å². The van der Waals surface area contributed by atoms with E-state index in [1.165, 1.54) is 4.90 Å². The lowest BCUT2D eigenvalue weighted by atomic mass is 10.2. The van der Waals surface area contributed by atoms with Crippen LogP contribution >= 0.6 is 23.8 Å². The first-order valence-corrected chi connectivity index (χ1v) is 7.64. The minimum Gasteiger partial charge on any atom is -0.497 e. The summed E-state index contributed by atoms with van der Waals surface area (Å²) in [7, 11) is 1.59. The number of ether oxygens (including phenoxy) is 1. The number of thiocarbonyl (C=S) groups is 1. The van der Waals surface area contributed by atoms with Crippen LogP contribution in [0.25, 0.3) is 6.08 Å². The Morgan fingerprint density at radius 2 is 1.87 bits per heavy atom. The van der Waals surface area contributed by atoms with Gasteiger partial charge in [0.15, 0.2) is 5.11 Å². The summed E-state index contributed by atoms with van der Waals surface area (Å²) in [5.41, 5.74) is 1.82. The third-order valence-electron chi connectivity index (χ3n) is 3.41. The third kappa shape index (κ3) is 3.06. The number of methoxy groups -OCH3 is 1. The molecule has 116 valence electrons. The minimum atomic E-state index is -0.222. The van der Waals surface area contributed by atoms with Gasteiger partial charge in [-0.05, 0) is 54.2 Å². The molecule has 0 spiro atoms. The maximum atomic E-state index is 12.6. The number of carbonyl (C=O) groups excluding carboxylic acids is 1. The smallest absolute Gasteiger partial charge is 0.281 e. The zero-order chi connectivity index (χ0) is 16.4. The molecule has 2 aromatic carbocycles. The predicted octanol–water partition coefficient (Wildman–Crippen LogP) is 3.61. The molecular formula is C17H13ClN2O2S. The summed E-state index contributed by atoms with van der Waals surface area (Å²) in [5, 5.41) is 3.84. The molecule has 4 nitrogen and oxygen atoms in total. The largest absolute Gasteiger partial charge is 0.497 e. The number of carbonyl (C=O) groups is 1. The van der Waals surface area contributed by atoms with E-state index in [1.807, 2.05) is 18.2 Å². The molecule has 1 saturated heterocycles. The van der Waals surface area contributed by atoms with Crippen LogP contribution in [0.2, 0.25) is 5.02 Å². The van der Waals surface area contributed by atoms with E-state index < -0.39 is 0 Å². The van der Waals surface area contributed by atoms with Crippen LogP contribution in [0.4, 0.5) is 5.69 Å². The topological polar surface area (TPSA) is 41.6 Å². The Morgan fingerprint density at radius 3 is 2.52 bits per heavy atom. The van der Waals surface area contributed by atoms with Crippen LogP contribution in [0.15, 0.2) is 54.2 Å². The lowest BCUT2D eigenvalue weighted by molar-refractivity contribution is -0.113. The van der Waals surface area contributed by atoms with Crippen molar-refractivity contribution >= 4 is 46.6 Å². The second-order valence-corrected chi connectivity index (χ2v) is 5.64. The molecule has 1 heterocycles. The summed E-state index contributed by atoms with van der Waals surface area (Å²) in [5.74, 6) is 0.492. The molecule has 0 aliphatic carbocycles. The van der Waals surface area contributed by atoms with Gasteiger partial charge in [-0.15, -0.1) is 0 Å². The first kappa shape index (κ1) is 15.5. The number of hydrogen-bond acceptors (Lipinski definition) is 3. The first-order chi connectivity index (χ1) is 11.1. The van der Waals surface area contributed by atoms with Crippen molar-refractivity contribution in [2.24, 2.45) is 0 Å². The van der Waals surface area contributed by atoms with E-state index in [1.54, 1.807) is 43.5 Å². The van der Waals surface area contributed by atoms with Crippen LogP contribution in [-0.4, -0.2) is 18.1 Å². The molecule has 0 bridgehead atoms. The minimum absolute atomic E-state index is 0.222. The van der Waals surface area contributed by atoms with E-state index in [-0.39, 0.29) is 5.91 Å². The Hall–Kier alpha value is -2.37. The highest BCUT2D eigenvalue weighted by atomic mass is 35.5. The molecule has 3 rings (SSSR count). The van der Waals surface area contributed by atoms with Crippen LogP contribution in [0.1, 0.15) is 5.56 Å². The summed E-state index contributed by atoms with van der Waals surface area (Å²) in [6.07, 6.45) is 1.69. The Bertz CT molecular complexity index is 802. The molecular weight excluding hydrogens is 332 g/mol. The average Bonchev–Trinajstić information content (AvgIpc) is 2.84. The molecule has 1 aliphatic rings. The molecule has 23 heavy (non-hydrogen) atoms.